The third kappa shape index (κ3) is 40.8. The van der Waals surface area contributed by atoms with Crippen LogP contribution in [0.25, 0.3) is 0 Å². The van der Waals surface area contributed by atoms with Crippen LogP contribution in [-0.4, -0.2) is 79.1 Å². The molecule has 360 valence electrons. The highest BCUT2D eigenvalue weighted by Gasteiger charge is 2.37. The summed E-state index contributed by atoms with van der Waals surface area (Å²) in [6.07, 6.45) is 44.5. The van der Waals surface area contributed by atoms with E-state index in [4.69, 9.17) is 24.8 Å². The second-order valence-corrected chi connectivity index (χ2v) is 18.4. The maximum Gasteiger partial charge on any atom is 0.246 e. The maximum atomic E-state index is 11.0. The summed E-state index contributed by atoms with van der Waals surface area (Å²) in [6.45, 7) is 12.9. The molecular formula is C51H101N4O5S+. The first kappa shape index (κ1) is 61.3. The molecule has 0 bridgehead atoms. The predicted molar refractivity (Wildman–Crippen MR) is 266 cm³/mol. The van der Waals surface area contributed by atoms with Crippen LogP contribution in [0, 0.1) is 5.41 Å². The number of rotatable bonds is 39. The molecule has 0 fully saturated rings. The van der Waals surface area contributed by atoms with Gasteiger partial charge in [-0.25, -0.2) is 0 Å². The summed E-state index contributed by atoms with van der Waals surface area (Å²) in [5.41, 5.74) is 5.59. The van der Waals surface area contributed by atoms with E-state index < -0.39 is 0 Å². The molecule has 2 atom stereocenters. The second-order valence-electron chi connectivity index (χ2n) is 18.2. The third-order valence-electron chi connectivity index (χ3n) is 11.7. The number of aliphatic hydroxyl groups is 1. The number of carbonyl (C=O) groups is 2. The topological polar surface area (TPSA) is 135 Å². The molecule has 0 aliphatic carbocycles. The monoisotopic (exact) mass is 882 g/mol. The van der Waals surface area contributed by atoms with Crippen molar-refractivity contribution >= 4 is 36.6 Å². The maximum absolute atomic E-state index is 11.0. The van der Waals surface area contributed by atoms with E-state index in [1.54, 1.807) is 20.8 Å². The number of amides is 1. The number of quaternary nitrogens is 1. The molecule has 0 radical (unpaired) electrons. The number of nitrogens with one attached hydrogen (secondary N) is 1. The Bertz CT molecular complexity index is 1070. The van der Waals surface area contributed by atoms with E-state index in [1.165, 1.54) is 167 Å². The van der Waals surface area contributed by atoms with Gasteiger partial charge >= 0.3 is 0 Å². The van der Waals surface area contributed by atoms with Gasteiger partial charge in [-0.1, -0.05) is 187 Å². The van der Waals surface area contributed by atoms with Crippen LogP contribution in [0.1, 0.15) is 247 Å². The number of thiol groups is 1. The molecule has 0 aromatic heterocycles. The van der Waals surface area contributed by atoms with Crippen molar-refractivity contribution in [1.82, 2.24) is 0 Å². The first-order chi connectivity index (χ1) is 29.5. The molecule has 61 heavy (non-hydrogen) atoms. The van der Waals surface area contributed by atoms with E-state index in [9.17, 15) is 4.79 Å². The molecule has 9 nitrogen and oxygen atoms in total. The van der Waals surface area contributed by atoms with Crippen molar-refractivity contribution in [1.29, 1.82) is 5.41 Å². The SMILES string of the molecule is CC(C)O.CCCCCCCCCCCC(OCCCCCCCCCCCCCCCCCCCC(C)=O)[N+]1(C)CCC=C(C(=N)/C(=N\S)OCCCCCC)C1.NC=O. The Morgan fingerprint density at radius 3 is 1.56 bits per heavy atom. The standard InChI is InChI=1S/C47H89N3O3S.C3H8O.CH3NO/c1-5-7-9-11-12-22-26-29-32-38-45(50(4)39-35-37-44(42-50)46(48)47(49-54)53-41-33-10-8-6-2)52-40-34-30-27-24-21-19-17-15-13-14-16-18-20-23-25-28-31-36-43(3)51;1-3(2)4;2-1-3/h37,45H,5-36,38-42H2,1-4H3,(H-,48,54);3-4H,1-2H3;1H,(H2,2,3)/p+1. The van der Waals surface area contributed by atoms with Crippen LogP contribution in [0.3, 0.4) is 0 Å². The molecule has 0 spiro atoms. The van der Waals surface area contributed by atoms with Crippen LogP contribution >= 0.6 is 12.8 Å². The predicted octanol–water partition coefficient (Wildman–Crippen LogP) is 14.0. The Kier molecular flexibility index (Phi) is 46.5. The fraction of sp³-hybridized carbons (Fsp3) is 0.882. The highest BCUT2D eigenvalue weighted by molar-refractivity contribution is 7.79. The van der Waals surface area contributed by atoms with Gasteiger partial charge < -0.3 is 25.1 Å². The van der Waals surface area contributed by atoms with Crippen molar-refractivity contribution in [3.63, 3.8) is 0 Å². The minimum atomic E-state index is -0.167. The smallest absolute Gasteiger partial charge is 0.246 e. The molecule has 1 aliphatic heterocycles. The van der Waals surface area contributed by atoms with Crippen molar-refractivity contribution in [2.24, 2.45) is 10.1 Å². The summed E-state index contributed by atoms with van der Waals surface area (Å²) < 4.78 is 17.7. The Morgan fingerprint density at radius 1 is 0.754 bits per heavy atom. The molecule has 0 aromatic carbocycles. The van der Waals surface area contributed by atoms with Crippen LogP contribution in [0.2, 0.25) is 0 Å². The van der Waals surface area contributed by atoms with Crippen molar-refractivity contribution < 1.29 is 28.7 Å². The zero-order valence-corrected chi connectivity index (χ0v) is 41.9. The molecule has 1 heterocycles. The average Bonchev–Trinajstić information content (AvgIpc) is 3.22. The molecule has 1 rings (SSSR count). The number of likely N-dealkylation sites (N-methyl/N-ethyl adjacent to an activating group) is 1. The molecular weight excluding hydrogens is 781 g/mol. The first-order valence-electron chi connectivity index (χ1n) is 25.4. The average molecular weight is 882 g/mol. The van der Waals surface area contributed by atoms with Gasteiger partial charge in [-0.05, 0) is 59.3 Å². The van der Waals surface area contributed by atoms with Crippen molar-refractivity contribution in [2.45, 2.75) is 259 Å². The quantitative estimate of drug-likeness (QED) is 0.0122. The van der Waals surface area contributed by atoms with E-state index in [-0.39, 0.29) is 18.7 Å². The van der Waals surface area contributed by atoms with Crippen LogP contribution in [-0.2, 0) is 19.1 Å². The van der Waals surface area contributed by atoms with E-state index in [1.807, 2.05) is 0 Å². The number of aliphatic hydroxyl groups excluding tert-OH is 1. The molecule has 1 amide bonds. The van der Waals surface area contributed by atoms with E-state index in [0.29, 0.717) is 24.0 Å². The fourth-order valence-corrected chi connectivity index (χ4v) is 8.19. The van der Waals surface area contributed by atoms with Crippen LogP contribution < -0.4 is 5.73 Å². The lowest BCUT2D eigenvalue weighted by Gasteiger charge is -2.43. The molecule has 10 heteroatoms. The Labute approximate surface area is 383 Å². The molecule has 0 aromatic rings. The summed E-state index contributed by atoms with van der Waals surface area (Å²) in [5.74, 6) is 0.701. The molecule has 0 saturated carbocycles. The van der Waals surface area contributed by atoms with Gasteiger partial charge in [0.1, 0.15) is 18.0 Å². The number of hydrogen-bond donors (Lipinski definition) is 4. The minimum absolute atomic E-state index is 0.167. The number of unbranched alkanes of at least 4 members (excludes halogenated alkanes) is 27. The summed E-state index contributed by atoms with van der Waals surface area (Å²) >= 11 is 4.19. The fourth-order valence-electron chi connectivity index (χ4n) is 8.03. The Hall–Kier alpha value is -1.75. The van der Waals surface area contributed by atoms with Crippen LogP contribution in [0.15, 0.2) is 16.0 Å². The molecule has 2 unspecified atom stereocenters. The van der Waals surface area contributed by atoms with Gasteiger partial charge in [-0.3, -0.25) is 14.7 Å². The zero-order valence-electron chi connectivity index (χ0n) is 41.0. The van der Waals surface area contributed by atoms with Gasteiger partial charge in [-0.2, -0.15) is 4.40 Å². The van der Waals surface area contributed by atoms with Gasteiger partial charge in [0.2, 0.25) is 12.3 Å². The molecule has 0 saturated heterocycles. The van der Waals surface area contributed by atoms with Crippen LogP contribution in [0.4, 0.5) is 0 Å². The number of ketones is 1. The number of Topliss-reactive ketones (excluding diaryl/α,β-unsaturated/α-hetero) is 1. The number of nitrogens with two attached hydrogens (primary N) is 1. The summed E-state index contributed by atoms with van der Waals surface area (Å²) in [4.78, 5) is 19.6. The van der Waals surface area contributed by atoms with Gasteiger partial charge in [0.05, 0.1) is 26.8 Å². The number of hydrogen-bond acceptors (Lipinski definition) is 8. The lowest BCUT2D eigenvalue weighted by Crippen LogP contribution is -2.57. The Morgan fingerprint density at radius 2 is 1.13 bits per heavy atom. The number of nitrogens with zero attached hydrogens (tertiary/aromatic N) is 2. The largest absolute Gasteiger partial charge is 0.476 e. The Balaban J connectivity index is 0. The minimum Gasteiger partial charge on any atom is -0.476 e. The third-order valence-corrected chi connectivity index (χ3v) is 11.8. The van der Waals surface area contributed by atoms with Gasteiger partial charge in [0.15, 0.2) is 6.23 Å². The zero-order chi connectivity index (χ0) is 45.7. The van der Waals surface area contributed by atoms with Crippen molar-refractivity contribution in [3.05, 3.63) is 11.6 Å². The van der Waals surface area contributed by atoms with Gasteiger partial charge in [0, 0.05) is 30.9 Å². The number of primary amides is 1. The summed E-state index contributed by atoms with van der Waals surface area (Å²) in [6, 6.07) is 0. The highest BCUT2D eigenvalue weighted by atomic mass is 32.1. The van der Waals surface area contributed by atoms with Crippen LogP contribution in [0.5, 0.6) is 0 Å². The van der Waals surface area contributed by atoms with E-state index >= 15 is 0 Å². The molecule has 1 aliphatic rings. The lowest BCUT2D eigenvalue weighted by molar-refractivity contribution is -0.952. The van der Waals surface area contributed by atoms with Crippen molar-refractivity contribution in [2.75, 3.05) is 33.4 Å². The normalized spacial score (nSPS) is 15.6. The molecule has 4 N–H and O–H groups in total. The lowest BCUT2D eigenvalue weighted by atomic mass is 10.0. The number of ether oxygens (including phenoxy) is 2. The first-order valence-corrected chi connectivity index (χ1v) is 25.8. The van der Waals surface area contributed by atoms with Gasteiger partial charge in [-0.15, -0.1) is 0 Å². The second kappa shape index (κ2) is 46.2. The van der Waals surface area contributed by atoms with E-state index in [2.05, 4.69) is 49.9 Å². The summed E-state index contributed by atoms with van der Waals surface area (Å²) in [7, 11) is 2.35. The van der Waals surface area contributed by atoms with Crippen molar-refractivity contribution in [3.8, 4) is 0 Å². The van der Waals surface area contributed by atoms with Gasteiger partial charge in [0.25, 0.3) is 0 Å². The highest BCUT2D eigenvalue weighted by Crippen LogP contribution is 2.27. The summed E-state index contributed by atoms with van der Waals surface area (Å²) in [5, 5.41) is 17.0. The van der Waals surface area contributed by atoms with E-state index in [0.717, 1.165) is 74.7 Å². The number of carbonyl (C=O) groups excluding carboxylic acids is 2.